The maximum absolute atomic E-state index is 14.0. The highest BCUT2D eigenvalue weighted by molar-refractivity contribution is 5.47. The Hall–Kier alpha value is -1.09. The lowest BCUT2D eigenvalue weighted by Gasteiger charge is -2.25. The monoisotopic (exact) mass is 265 g/mol. The van der Waals surface area contributed by atoms with Crippen molar-refractivity contribution < 1.29 is 9.13 Å². The van der Waals surface area contributed by atoms with Gasteiger partial charge in [-0.1, -0.05) is 13.3 Å². The van der Waals surface area contributed by atoms with Gasteiger partial charge in [0, 0.05) is 11.6 Å². The van der Waals surface area contributed by atoms with Crippen molar-refractivity contribution in [3.63, 3.8) is 0 Å². The van der Waals surface area contributed by atoms with E-state index in [0.717, 1.165) is 36.3 Å². The molecule has 0 aromatic heterocycles. The van der Waals surface area contributed by atoms with E-state index in [4.69, 9.17) is 4.74 Å². The Morgan fingerprint density at radius 3 is 2.79 bits per heavy atom. The van der Waals surface area contributed by atoms with Crippen LogP contribution in [0.5, 0.6) is 5.75 Å². The van der Waals surface area contributed by atoms with E-state index in [1.807, 2.05) is 0 Å². The summed E-state index contributed by atoms with van der Waals surface area (Å²) in [5.74, 6) is 0.577. The van der Waals surface area contributed by atoms with Crippen molar-refractivity contribution in [1.82, 2.24) is 5.32 Å². The fourth-order valence-corrected chi connectivity index (χ4v) is 3.04. The molecule has 1 fully saturated rings. The molecule has 0 bridgehead atoms. The topological polar surface area (TPSA) is 21.3 Å². The molecule has 19 heavy (non-hydrogen) atoms. The van der Waals surface area contributed by atoms with Gasteiger partial charge in [-0.2, -0.15) is 0 Å². The smallest absolute Gasteiger partial charge is 0.130 e. The summed E-state index contributed by atoms with van der Waals surface area (Å²) in [6, 6.07) is 2.18. The highest BCUT2D eigenvalue weighted by atomic mass is 19.1. The number of halogens is 1. The number of hydrogen-bond donors (Lipinski definition) is 1. The lowest BCUT2D eigenvalue weighted by Crippen LogP contribution is -2.35. The Morgan fingerprint density at radius 1 is 1.42 bits per heavy atom. The minimum absolute atomic E-state index is 0.153. The van der Waals surface area contributed by atoms with Crippen molar-refractivity contribution >= 4 is 0 Å². The largest absolute Gasteiger partial charge is 0.496 e. The Morgan fingerprint density at radius 2 is 2.21 bits per heavy atom. The van der Waals surface area contributed by atoms with Crippen LogP contribution in [0.1, 0.15) is 42.9 Å². The molecule has 2 rings (SSSR count). The predicted molar refractivity (Wildman–Crippen MR) is 76.4 cm³/mol. The Kier molecular flexibility index (Phi) is 4.81. The van der Waals surface area contributed by atoms with Gasteiger partial charge < -0.3 is 10.1 Å². The van der Waals surface area contributed by atoms with Gasteiger partial charge in [0.05, 0.1) is 7.11 Å². The SMILES string of the molecule is CCc1c(CC2CCCCN2)cc(F)c(C)c1OC. The number of piperidine rings is 1. The van der Waals surface area contributed by atoms with Crippen LogP contribution >= 0.6 is 0 Å². The summed E-state index contributed by atoms with van der Waals surface area (Å²) in [5, 5.41) is 3.53. The molecule has 1 heterocycles. The molecule has 1 aromatic carbocycles. The summed E-state index contributed by atoms with van der Waals surface area (Å²) >= 11 is 0. The highest BCUT2D eigenvalue weighted by Crippen LogP contribution is 2.31. The molecule has 1 aliphatic rings. The fraction of sp³-hybridized carbons (Fsp3) is 0.625. The predicted octanol–water partition coefficient (Wildman–Crippen LogP) is 3.39. The van der Waals surface area contributed by atoms with E-state index in [2.05, 4.69) is 12.2 Å². The Bertz CT molecular complexity index is 439. The van der Waals surface area contributed by atoms with Crippen LogP contribution in [0.15, 0.2) is 6.07 Å². The van der Waals surface area contributed by atoms with Gasteiger partial charge in [-0.15, -0.1) is 0 Å². The summed E-state index contributed by atoms with van der Waals surface area (Å²) in [6.07, 6.45) is 5.48. The van der Waals surface area contributed by atoms with Crippen LogP contribution in [0, 0.1) is 12.7 Å². The van der Waals surface area contributed by atoms with Gasteiger partial charge in [-0.05, 0) is 56.3 Å². The number of ether oxygens (including phenoxy) is 1. The Labute approximate surface area is 115 Å². The fourth-order valence-electron chi connectivity index (χ4n) is 3.04. The second-order valence-electron chi connectivity index (χ2n) is 5.36. The van der Waals surface area contributed by atoms with E-state index < -0.39 is 0 Å². The standard InChI is InChI=1S/C16H24FNO/c1-4-14-12(9-13-7-5-6-8-18-13)10-15(17)11(2)16(14)19-3/h10,13,18H,4-9H2,1-3H3. The zero-order valence-corrected chi connectivity index (χ0v) is 12.2. The molecule has 1 unspecified atom stereocenters. The molecule has 0 saturated carbocycles. The molecule has 0 radical (unpaired) electrons. The second-order valence-corrected chi connectivity index (χ2v) is 5.36. The number of hydrogen-bond acceptors (Lipinski definition) is 2. The zero-order chi connectivity index (χ0) is 13.8. The second kappa shape index (κ2) is 6.38. The third-order valence-corrected chi connectivity index (χ3v) is 4.10. The molecular weight excluding hydrogens is 241 g/mol. The van der Waals surface area contributed by atoms with Crippen molar-refractivity contribution in [1.29, 1.82) is 0 Å². The first-order valence-corrected chi connectivity index (χ1v) is 7.25. The summed E-state index contributed by atoms with van der Waals surface area (Å²) in [4.78, 5) is 0. The van der Waals surface area contributed by atoms with Crippen molar-refractivity contribution in [3.05, 3.63) is 28.6 Å². The first-order chi connectivity index (χ1) is 9.17. The molecule has 106 valence electrons. The van der Waals surface area contributed by atoms with Crippen LogP contribution in [0.2, 0.25) is 0 Å². The van der Waals surface area contributed by atoms with Gasteiger partial charge in [0.25, 0.3) is 0 Å². The van der Waals surface area contributed by atoms with Crippen molar-refractivity contribution in [2.75, 3.05) is 13.7 Å². The van der Waals surface area contributed by atoms with Crippen molar-refractivity contribution in [2.24, 2.45) is 0 Å². The molecular formula is C16H24FNO. The van der Waals surface area contributed by atoms with E-state index in [9.17, 15) is 4.39 Å². The average Bonchev–Trinajstić information content (AvgIpc) is 2.43. The molecule has 1 atom stereocenters. The summed E-state index contributed by atoms with van der Waals surface area (Å²) < 4.78 is 19.4. The molecule has 3 heteroatoms. The van der Waals surface area contributed by atoms with Crippen LogP contribution in [-0.2, 0) is 12.8 Å². The lowest BCUT2D eigenvalue weighted by atomic mass is 9.92. The third kappa shape index (κ3) is 3.08. The molecule has 1 N–H and O–H groups in total. The average molecular weight is 265 g/mol. The molecule has 1 aliphatic heterocycles. The molecule has 1 aromatic rings. The molecule has 2 nitrogen and oxygen atoms in total. The maximum Gasteiger partial charge on any atom is 0.130 e. The summed E-state index contributed by atoms with van der Waals surface area (Å²) in [5.41, 5.74) is 2.88. The van der Waals surface area contributed by atoms with E-state index in [1.54, 1.807) is 20.1 Å². The molecule has 0 aliphatic carbocycles. The van der Waals surface area contributed by atoms with E-state index >= 15 is 0 Å². The van der Waals surface area contributed by atoms with E-state index in [-0.39, 0.29) is 5.82 Å². The number of nitrogens with one attached hydrogen (secondary N) is 1. The highest BCUT2D eigenvalue weighted by Gasteiger charge is 2.19. The van der Waals surface area contributed by atoms with Crippen LogP contribution < -0.4 is 10.1 Å². The number of rotatable bonds is 4. The van der Waals surface area contributed by atoms with Gasteiger partial charge in [0.1, 0.15) is 11.6 Å². The van der Waals surface area contributed by atoms with Crippen molar-refractivity contribution in [3.8, 4) is 5.75 Å². The quantitative estimate of drug-likeness (QED) is 0.901. The van der Waals surface area contributed by atoms with Crippen LogP contribution in [0.3, 0.4) is 0 Å². The van der Waals surface area contributed by atoms with Gasteiger partial charge in [0.2, 0.25) is 0 Å². The first-order valence-electron chi connectivity index (χ1n) is 7.25. The Balaban J connectivity index is 2.30. The minimum atomic E-state index is -0.153. The van der Waals surface area contributed by atoms with E-state index in [0.29, 0.717) is 11.6 Å². The number of benzene rings is 1. The van der Waals surface area contributed by atoms with Crippen LogP contribution in [-0.4, -0.2) is 19.7 Å². The third-order valence-electron chi connectivity index (χ3n) is 4.10. The lowest BCUT2D eigenvalue weighted by molar-refractivity contribution is 0.389. The van der Waals surface area contributed by atoms with Crippen LogP contribution in [0.4, 0.5) is 4.39 Å². The first kappa shape index (κ1) is 14.3. The summed E-state index contributed by atoms with van der Waals surface area (Å²) in [7, 11) is 1.63. The van der Waals surface area contributed by atoms with Crippen molar-refractivity contribution in [2.45, 2.75) is 52.0 Å². The maximum atomic E-state index is 14.0. The number of methoxy groups -OCH3 is 1. The zero-order valence-electron chi connectivity index (χ0n) is 12.2. The van der Waals surface area contributed by atoms with Gasteiger partial charge in [-0.25, -0.2) is 4.39 Å². The van der Waals surface area contributed by atoms with Crippen LogP contribution in [0.25, 0.3) is 0 Å². The van der Waals surface area contributed by atoms with Gasteiger partial charge in [-0.3, -0.25) is 0 Å². The minimum Gasteiger partial charge on any atom is -0.496 e. The molecule has 0 spiro atoms. The van der Waals surface area contributed by atoms with Gasteiger partial charge in [0.15, 0.2) is 0 Å². The molecule has 0 amide bonds. The van der Waals surface area contributed by atoms with Gasteiger partial charge >= 0.3 is 0 Å². The molecule has 1 saturated heterocycles. The van der Waals surface area contributed by atoms with E-state index in [1.165, 1.54) is 19.3 Å². The summed E-state index contributed by atoms with van der Waals surface area (Å²) in [6.45, 7) is 4.97. The normalized spacial score (nSPS) is 19.5.